The van der Waals surface area contributed by atoms with Gasteiger partial charge in [0.15, 0.2) is 0 Å². The average molecular weight is 167 g/mol. The molecule has 1 heterocycles. The van der Waals surface area contributed by atoms with Crippen molar-refractivity contribution < 1.29 is 14.3 Å². The van der Waals surface area contributed by atoms with E-state index in [1.807, 2.05) is 0 Å². The van der Waals surface area contributed by atoms with Crippen molar-refractivity contribution in [2.45, 2.75) is 6.92 Å². The van der Waals surface area contributed by atoms with Crippen LogP contribution in [0.3, 0.4) is 0 Å². The largest absolute Gasteiger partial charge is 0.481 e. The van der Waals surface area contributed by atoms with Gasteiger partial charge in [0.05, 0.1) is 7.11 Å². The minimum atomic E-state index is -0.393. The lowest BCUT2D eigenvalue weighted by Crippen LogP contribution is -2.03. The van der Waals surface area contributed by atoms with Crippen molar-refractivity contribution in [1.82, 2.24) is 4.98 Å². The Balaban J connectivity index is 2.79. The first kappa shape index (κ1) is 8.52. The van der Waals surface area contributed by atoms with Gasteiger partial charge in [-0.3, -0.25) is 4.79 Å². The van der Waals surface area contributed by atoms with Gasteiger partial charge in [0, 0.05) is 19.1 Å². The molecule has 12 heavy (non-hydrogen) atoms. The van der Waals surface area contributed by atoms with Crippen LogP contribution in [0.5, 0.6) is 11.8 Å². The fourth-order valence-corrected chi connectivity index (χ4v) is 0.714. The number of hydrogen-bond acceptors (Lipinski definition) is 4. The third-order valence-electron chi connectivity index (χ3n) is 1.16. The highest BCUT2D eigenvalue weighted by molar-refractivity contribution is 5.68. The first-order valence-electron chi connectivity index (χ1n) is 3.42. The Hall–Kier alpha value is -1.58. The van der Waals surface area contributed by atoms with Gasteiger partial charge in [-0.25, -0.2) is 0 Å². The van der Waals surface area contributed by atoms with E-state index in [1.54, 1.807) is 18.2 Å². The normalized spacial score (nSPS) is 9.17. The number of carbonyl (C=O) groups excluding carboxylic acids is 1. The quantitative estimate of drug-likeness (QED) is 0.617. The van der Waals surface area contributed by atoms with Crippen molar-refractivity contribution in [1.29, 1.82) is 0 Å². The first-order valence-corrected chi connectivity index (χ1v) is 3.42. The fourth-order valence-electron chi connectivity index (χ4n) is 0.714. The number of hydrogen-bond donors (Lipinski definition) is 0. The Bertz CT molecular complexity index is 285. The van der Waals surface area contributed by atoms with Crippen LogP contribution in [0.2, 0.25) is 0 Å². The van der Waals surface area contributed by atoms with Crippen LogP contribution >= 0.6 is 0 Å². The van der Waals surface area contributed by atoms with E-state index in [4.69, 9.17) is 9.47 Å². The second kappa shape index (κ2) is 3.71. The molecule has 0 radical (unpaired) electrons. The summed E-state index contributed by atoms with van der Waals surface area (Å²) in [5.41, 5.74) is 0. The molecule has 4 nitrogen and oxygen atoms in total. The Labute approximate surface area is 70.1 Å². The zero-order chi connectivity index (χ0) is 8.97. The Morgan fingerprint density at radius 3 is 2.67 bits per heavy atom. The molecule has 4 heteroatoms. The zero-order valence-electron chi connectivity index (χ0n) is 6.90. The van der Waals surface area contributed by atoms with E-state index in [0.717, 1.165) is 0 Å². The molecule has 0 N–H and O–H groups in total. The van der Waals surface area contributed by atoms with Crippen molar-refractivity contribution in [3.8, 4) is 11.8 Å². The summed E-state index contributed by atoms with van der Waals surface area (Å²) in [6.45, 7) is 1.32. The summed E-state index contributed by atoms with van der Waals surface area (Å²) in [6.07, 6.45) is 0. The minimum Gasteiger partial charge on any atom is -0.481 e. The number of rotatable bonds is 2. The van der Waals surface area contributed by atoms with Gasteiger partial charge in [-0.1, -0.05) is 6.07 Å². The highest BCUT2D eigenvalue weighted by Gasteiger charge is 1.99. The van der Waals surface area contributed by atoms with Crippen LogP contribution in [0.25, 0.3) is 0 Å². The summed E-state index contributed by atoms with van der Waals surface area (Å²) in [6, 6.07) is 4.96. The molecule has 0 spiro atoms. The number of pyridine rings is 1. The van der Waals surface area contributed by atoms with Gasteiger partial charge in [0.2, 0.25) is 11.8 Å². The second-order valence-corrected chi connectivity index (χ2v) is 2.11. The predicted molar refractivity (Wildman–Crippen MR) is 42.1 cm³/mol. The smallest absolute Gasteiger partial charge is 0.309 e. The van der Waals surface area contributed by atoms with Crippen molar-refractivity contribution >= 4 is 5.97 Å². The number of ether oxygens (including phenoxy) is 2. The molecule has 0 bridgehead atoms. The van der Waals surface area contributed by atoms with Gasteiger partial charge < -0.3 is 9.47 Å². The number of esters is 1. The summed E-state index contributed by atoms with van der Waals surface area (Å²) in [5.74, 6) is 0.284. The van der Waals surface area contributed by atoms with Crippen LogP contribution in [0.15, 0.2) is 18.2 Å². The van der Waals surface area contributed by atoms with Crippen molar-refractivity contribution in [3.05, 3.63) is 18.2 Å². The molecule has 0 aliphatic carbocycles. The summed E-state index contributed by atoms with van der Waals surface area (Å²) in [4.78, 5) is 14.4. The molecule has 0 saturated carbocycles. The maximum absolute atomic E-state index is 10.5. The number of methoxy groups -OCH3 is 1. The van der Waals surface area contributed by atoms with Crippen LogP contribution in [-0.4, -0.2) is 18.1 Å². The van der Waals surface area contributed by atoms with Gasteiger partial charge in [-0.05, 0) is 0 Å². The lowest BCUT2D eigenvalue weighted by atomic mass is 10.5. The third-order valence-corrected chi connectivity index (χ3v) is 1.16. The fraction of sp³-hybridized carbons (Fsp3) is 0.250. The van der Waals surface area contributed by atoms with Crippen molar-refractivity contribution in [2.75, 3.05) is 7.11 Å². The molecule has 0 aromatic carbocycles. The maximum atomic E-state index is 10.5. The Morgan fingerprint density at radius 1 is 1.42 bits per heavy atom. The lowest BCUT2D eigenvalue weighted by Gasteiger charge is -2.01. The molecule has 0 amide bonds. The average Bonchev–Trinajstić information content (AvgIpc) is 2.03. The minimum absolute atomic E-state index is 0.252. The molecule has 64 valence electrons. The van der Waals surface area contributed by atoms with Gasteiger partial charge in [0.1, 0.15) is 0 Å². The lowest BCUT2D eigenvalue weighted by molar-refractivity contribution is -0.132. The van der Waals surface area contributed by atoms with E-state index < -0.39 is 5.97 Å². The summed E-state index contributed by atoms with van der Waals surface area (Å²) < 4.78 is 9.56. The summed E-state index contributed by atoms with van der Waals surface area (Å²) >= 11 is 0. The van der Waals surface area contributed by atoms with Gasteiger partial charge in [-0.15, -0.1) is 0 Å². The second-order valence-electron chi connectivity index (χ2n) is 2.11. The van der Waals surface area contributed by atoms with Crippen LogP contribution in [0, 0.1) is 0 Å². The van der Waals surface area contributed by atoms with E-state index in [1.165, 1.54) is 14.0 Å². The zero-order valence-corrected chi connectivity index (χ0v) is 6.90. The van der Waals surface area contributed by atoms with Crippen LogP contribution in [0.4, 0.5) is 0 Å². The molecule has 1 aromatic rings. The van der Waals surface area contributed by atoms with E-state index in [9.17, 15) is 4.79 Å². The molecule has 0 fully saturated rings. The highest BCUT2D eigenvalue weighted by atomic mass is 16.5. The molecule has 0 unspecified atom stereocenters. The summed E-state index contributed by atoms with van der Waals surface area (Å²) in [7, 11) is 1.50. The molecule has 1 aromatic heterocycles. The van der Waals surface area contributed by atoms with E-state index in [2.05, 4.69) is 4.98 Å². The standard InChI is InChI=1S/C8H9NO3/c1-6(10)12-8-5-3-4-7(9-8)11-2/h3-5H,1-2H3. The number of aromatic nitrogens is 1. The number of nitrogens with zero attached hydrogens (tertiary/aromatic N) is 1. The molecule has 1 rings (SSSR count). The van der Waals surface area contributed by atoms with E-state index >= 15 is 0 Å². The van der Waals surface area contributed by atoms with Crippen molar-refractivity contribution in [2.24, 2.45) is 0 Å². The topological polar surface area (TPSA) is 48.4 Å². The monoisotopic (exact) mass is 167 g/mol. The SMILES string of the molecule is COc1cccc(OC(C)=O)n1. The number of carbonyl (C=O) groups is 1. The van der Waals surface area contributed by atoms with Crippen molar-refractivity contribution in [3.63, 3.8) is 0 Å². The first-order chi connectivity index (χ1) is 5.72. The molecule has 0 aliphatic heterocycles. The van der Waals surface area contributed by atoms with Crippen LogP contribution in [0.1, 0.15) is 6.92 Å². The van der Waals surface area contributed by atoms with Crippen LogP contribution < -0.4 is 9.47 Å². The van der Waals surface area contributed by atoms with E-state index in [-0.39, 0.29) is 5.88 Å². The highest BCUT2D eigenvalue weighted by Crippen LogP contribution is 2.12. The van der Waals surface area contributed by atoms with Crippen LogP contribution in [-0.2, 0) is 4.79 Å². The van der Waals surface area contributed by atoms with Gasteiger partial charge >= 0.3 is 5.97 Å². The molecule has 0 atom stereocenters. The third kappa shape index (κ3) is 2.23. The Morgan fingerprint density at radius 2 is 2.08 bits per heavy atom. The van der Waals surface area contributed by atoms with Gasteiger partial charge in [-0.2, -0.15) is 4.98 Å². The van der Waals surface area contributed by atoms with Gasteiger partial charge in [0.25, 0.3) is 0 Å². The maximum Gasteiger partial charge on any atom is 0.309 e. The molecule has 0 saturated heterocycles. The predicted octanol–water partition coefficient (Wildman–Crippen LogP) is 1.02. The molecule has 0 aliphatic rings. The molecular formula is C8H9NO3. The Kier molecular flexibility index (Phi) is 2.63. The summed E-state index contributed by atoms with van der Waals surface area (Å²) in [5, 5.41) is 0. The molecular weight excluding hydrogens is 158 g/mol. The van der Waals surface area contributed by atoms with E-state index in [0.29, 0.717) is 5.88 Å².